The zero-order valence-corrected chi connectivity index (χ0v) is 14.9. The summed E-state index contributed by atoms with van der Waals surface area (Å²) in [5.74, 6) is -0.382. The second-order valence-electron chi connectivity index (χ2n) is 7.24. The van der Waals surface area contributed by atoms with Gasteiger partial charge in [-0.25, -0.2) is 9.69 Å². The van der Waals surface area contributed by atoms with Crippen LogP contribution in [0.5, 0.6) is 0 Å². The molecule has 7 nitrogen and oxygen atoms in total. The summed E-state index contributed by atoms with van der Waals surface area (Å²) in [5, 5.41) is 1.84. The first-order chi connectivity index (χ1) is 13.1. The van der Waals surface area contributed by atoms with E-state index in [0.717, 1.165) is 10.8 Å². The van der Waals surface area contributed by atoms with E-state index in [9.17, 15) is 14.4 Å². The maximum Gasteiger partial charge on any atom is 0.332 e. The van der Waals surface area contributed by atoms with Crippen molar-refractivity contribution in [1.29, 1.82) is 0 Å². The number of hydrogen-bond acceptors (Lipinski definition) is 4. The van der Waals surface area contributed by atoms with E-state index >= 15 is 0 Å². The zero-order chi connectivity index (χ0) is 18.7. The number of likely N-dealkylation sites (tertiary alicyclic amines) is 1. The maximum absolute atomic E-state index is 13.3. The van der Waals surface area contributed by atoms with E-state index in [1.54, 1.807) is 15.9 Å². The largest absolute Gasteiger partial charge is 0.375 e. The summed E-state index contributed by atoms with van der Waals surface area (Å²) in [5.41, 5.74) is 0.603. The Balaban J connectivity index is 1.53. The minimum absolute atomic E-state index is 0.00882. The van der Waals surface area contributed by atoms with E-state index in [1.165, 1.54) is 12.0 Å². The van der Waals surface area contributed by atoms with Gasteiger partial charge in [0.25, 0.3) is 5.91 Å². The summed E-state index contributed by atoms with van der Waals surface area (Å²) in [6.07, 6.45) is 0.654. The molecule has 3 heterocycles. The third-order valence-electron chi connectivity index (χ3n) is 5.86. The molecule has 2 aromatic carbocycles. The van der Waals surface area contributed by atoms with Crippen molar-refractivity contribution >= 4 is 34.3 Å². The summed E-state index contributed by atoms with van der Waals surface area (Å²) in [7, 11) is 1.48. The van der Waals surface area contributed by atoms with Crippen LogP contribution < -0.4 is 4.90 Å². The van der Waals surface area contributed by atoms with Gasteiger partial charge in [0.15, 0.2) is 0 Å². The number of methoxy groups -OCH3 is 1. The molecule has 2 bridgehead atoms. The minimum Gasteiger partial charge on any atom is -0.375 e. The van der Waals surface area contributed by atoms with Crippen LogP contribution >= 0.6 is 0 Å². The molecule has 4 amide bonds. The van der Waals surface area contributed by atoms with E-state index in [4.69, 9.17) is 4.74 Å². The van der Waals surface area contributed by atoms with Crippen LogP contribution in [0.15, 0.2) is 42.5 Å². The Morgan fingerprint density at radius 2 is 1.93 bits per heavy atom. The number of fused-ring (bicyclic) bond motifs is 6. The van der Waals surface area contributed by atoms with Gasteiger partial charge < -0.3 is 14.5 Å². The third-order valence-corrected chi connectivity index (χ3v) is 5.86. The highest BCUT2D eigenvalue weighted by Gasteiger charge is 2.62. The molecule has 2 aromatic rings. The zero-order valence-electron chi connectivity index (χ0n) is 14.9. The molecule has 0 aromatic heterocycles. The number of hydrogen-bond donors (Lipinski definition) is 0. The predicted molar refractivity (Wildman–Crippen MR) is 98.2 cm³/mol. The fourth-order valence-corrected chi connectivity index (χ4v) is 4.78. The first kappa shape index (κ1) is 16.3. The molecule has 3 unspecified atom stereocenters. The number of ether oxygens (including phenoxy) is 1. The van der Waals surface area contributed by atoms with Gasteiger partial charge in [0.1, 0.15) is 12.6 Å². The number of nitrogens with zero attached hydrogens (tertiary/aromatic N) is 3. The lowest BCUT2D eigenvalue weighted by molar-refractivity contribution is -0.139. The van der Waals surface area contributed by atoms with Crippen molar-refractivity contribution in [2.24, 2.45) is 0 Å². The SMILES string of the molecule is COCC(=O)N1CC2CC1C1C(=O)N(c3cccc4ccccc34)C(=O)N21. The smallest absolute Gasteiger partial charge is 0.332 e. The van der Waals surface area contributed by atoms with E-state index in [0.29, 0.717) is 18.7 Å². The molecule has 3 aliphatic heterocycles. The summed E-state index contributed by atoms with van der Waals surface area (Å²) >= 11 is 0. The van der Waals surface area contributed by atoms with Gasteiger partial charge in [-0.1, -0.05) is 36.4 Å². The molecule has 0 radical (unpaired) electrons. The maximum atomic E-state index is 13.3. The summed E-state index contributed by atoms with van der Waals surface area (Å²) in [4.78, 5) is 43.4. The molecule has 3 atom stereocenters. The van der Waals surface area contributed by atoms with Gasteiger partial charge in [0.2, 0.25) is 5.91 Å². The monoisotopic (exact) mass is 365 g/mol. The number of piperazine rings is 1. The second-order valence-corrected chi connectivity index (χ2v) is 7.24. The fourth-order valence-electron chi connectivity index (χ4n) is 4.78. The summed E-state index contributed by atoms with van der Waals surface area (Å²) < 4.78 is 4.95. The topological polar surface area (TPSA) is 70.2 Å². The van der Waals surface area contributed by atoms with Crippen molar-refractivity contribution in [2.45, 2.75) is 24.5 Å². The Hall–Kier alpha value is -2.93. The van der Waals surface area contributed by atoms with Crippen LogP contribution in [-0.2, 0) is 14.3 Å². The van der Waals surface area contributed by atoms with Crippen LogP contribution in [0.1, 0.15) is 6.42 Å². The van der Waals surface area contributed by atoms with E-state index < -0.39 is 6.04 Å². The van der Waals surface area contributed by atoms with Gasteiger partial charge >= 0.3 is 6.03 Å². The van der Waals surface area contributed by atoms with Crippen molar-refractivity contribution < 1.29 is 19.1 Å². The number of amides is 4. The van der Waals surface area contributed by atoms with Crippen LogP contribution in [0, 0.1) is 0 Å². The highest BCUT2D eigenvalue weighted by atomic mass is 16.5. The molecule has 3 saturated heterocycles. The molecule has 0 N–H and O–H groups in total. The van der Waals surface area contributed by atoms with Gasteiger partial charge in [0.05, 0.1) is 17.8 Å². The van der Waals surface area contributed by atoms with Gasteiger partial charge in [-0.2, -0.15) is 0 Å². The number of rotatable bonds is 3. The molecule has 0 aliphatic carbocycles. The first-order valence-corrected chi connectivity index (χ1v) is 9.04. The Bertz CT molecular complexity index is 969. The average Bonchev–Trinajstić information content (AvgIpc) is 3.33. The van der Waals surface area contributed by atoms with Crippen LogP contribution in [0.2, 0.25) is 0 Å². The Kier molecular flexibility index (Phi) is 3.48. The predicted octanol–water partition coefficient (Wildman–Crippen LogP) is 1.61. The van der Waals surface area contributed by atoms with Crippen LogP contribution in [-0.4, -0.2) is 66.0 Å². The molecule has 27 heavy (non-hydrogen) atoms. The molecule has 7 heteroatoms. The molecule has 3 fully saturated rings. The number of carbonyl (C=O) groups excluding carboxylic acids is 3. The lowest BCUT2D eigenvalue weighted by atomic mass is 10.1. The van der Waals surface area contributed by atoms with Crippen molar-refractivity contribution in [3.05, 3.63) is 42.5 Å². The molecular weight excluding hydrogens is 346 g/mol. The van der Waals surface area contributed by atoms with Crippen LogP contribution in [0.3, 0.4) is 0 Å². The normalized spacial score (nSPS) is 26.4. The fraction of sp³-hybridized carbons (Fsp3) is 0.350. The van der Waals surface area contributed by atoms with Crippen molar-refractivity contribution in [3.8, 4) is 0 Å². The van der Waals surface area contributed by atoms with Gasteiger partial charge in [-0.3, -0.25) is 9.59 Å². The van der Waals surface area contributed by atoms with Crippen molar-refractivity contribution in [3.63, 3.8) is 0 Å². The molecule has 5 rings (SSSR count). The Labute approximate surface area is 156 Å². The highest BCUT2D eigenvalue weighted by molar-refractivity contribution is 6.25. The molecule has 3 aliphatic rings. The molecule has 0 spiro atoms. The van der Waals surface area contributed by atoms with Crippen LogP contribution in [0.25, 0.3) is 10.8 Å². The van der Waals surface area contributed by atoms with Gasteiger partial charge in [-0.05, 0) is 17.9 Å². The van der Waals surface area contributed by atoms with Crippen molar-refractivity contribution in [2.75, 3.05) is 25.2 Å². The molecule has 0 saturated carbocycles. The number of carbonyl (C=O) groups is 3. The highest BCUT2D eigenvalue weighted by Crippen LogP contribution is 2.43. The van der Waals surface area contributed by atoms with E-state index in [-0.39, 0.29) is 36.5 Å². The summed E-state index contributed by atoms with van der Waals surface area (Å²) in [6.45, 7) is 0.455. The minimum atomic E-state index is -0.601. The molecular formula is C20H19N3O4. The lowest BCUT2D eigenvalue weighted by Gasteiger charge is -2.34. The molecule has 138 valence electrons. The first-order valence-electron chi connectivity index (χ1n) is 9.04. The van der Waals surface area contributed by atoms with Gasteiger partial charge in [0, 0.05) is 19.0 Å². The van der Waals surface area contributed by atoms with Gasteiger partial charge in [-0.15, -0.1) is 0 Å². The lowest BCUT2D eigenvalue weighted by Crippen LogP contribution is -2.55. The number of imide groups is 1. The second kappa shape index (κ2) is 5.79. The summed E-state index contributed by atoms with van der Waals surface area (Å²) in [6, 6.07) is 12.0. The van der Waals surface area contributed by atoms with E-state index in [2.05, 4.69) is 0 Å². The number of benzene rings is 2. The number of urea groups is 1. The quantitative estimate of drug-likeness (QED) is 0.775. The third kappa shape index (κ3) is 2.15. The van der Waals surface area contributed by atoms with Crippen molar-refractivity contribution in [1.82, 2.24) is 9.80 Å². The Morgan fingerprint density at radius 1 is 1.15 bits per heavy atom. The number of anilines is 1. The Morgan fingerprint density at radius 3 is 2.74 bits per heavy atom. The van der Waals surface area contributed by atoms with E-state index in [1.807, 2.05) is 36.4 Å². The standard InChI is InChI=1S/C20H19N3O4/c1-27-11-17(24)21-10-13-9-16(21)18-19(25)23(20(26)22(13)18)15-8-4-6-12-5-2-3-7-14(12)15/h2-8,13,16,18H,9-11H2,1H3. The average molecular weight is 365 g/mol. The van der Waals surface area contributed by atoms with Crippen LogP contribution in [0.4, 0.5) is 10.5 Å².